The minimum atomic E-state index is -4.22. The van der Waals surface area contributed by atoms with Crippen LogP contribution in [0.3, 0.4) is 0 Å². The molecule has 1 aromatic heterocycles. The van der Waals surface area contributed by atoms with E-state index in [4.69, 9.17) is 9.79 Å². The Bertz CT molecular complexity index is 322. The van der Waals surface area contributed by atoms with Crippen molar-refractivity contribution in [2.45, 2.75) is 6.92 Å². The predicted octanol–water partition coefficient (Wildman–Crippen LogP) is 0.895. The minimum Gasteiger partial charge on any atom is -0.308 e. The molecule has 0 bridgehead atoms. The Hall–Kier alpha value is -0.900. The maximum absolute atomic E-state index is 10.5. The molecule has 1 heterocycles. The molecule has 66 valence electrons. The fourth-order valence-corrected chi connectivity index (χ4v) is 1.18. The summed E-state index contributed by atoms with van der Waals surface area (Å²) in [4.78, 5) is 20.9. The van der Waals surface area contributed by atoms with Gasteiger partial charge in [-0.05, 0) is 19.1 Å². The number of aryl methyl sites for hydroxylation is 1. The van der Waals surface area contributed by atoms with Crippen LogP contribution in [0.25, 0.3) is 0 Å². The summed E-state index contributed by atoms with van der Waals surface area (Å²) in [7, 11) is -4.22. The molecule has 3 N–H and O–H groups in total. The smallest absolute Gasteiger partial charge is 0.308 e. The Morgan fingerprint density at radius 3 is 2.67 bits per heavy atom. The summed E-state index contributed by atoms with van der Waals surface area (Å²) in [5, 5.41) is 1.98. The van der Waals surface area contributed by atoms with E-state index in [0.717, 1.165) is 0 Å². The van der Waals surface area contributed by atoms with Crippen LogP contribution in [0.2, 0.25) is 0 Å². The maximum atomic E-state index is 10.5. The molecule has 0 fully saturated rings. The normalized spacial score (nSPS) is 11.2. The van der Waals surface area contributed by atoms with Gasteiger partial charge < -0.3 is 9.79 Å². The van der Waals surface area contributed by atoms with Crippen LogP contribution < -0.4 is 5.09 Å². The summed E-state index contributed by atoms with van der Waals surface area (Å²) in [5.41, 5.74) is 0.702. The van der Waals surface area contributed by atoms with Crippen LogP contribution in [-0.2, 0) is 4.57 Å². The van der Waals surface area contributed by atoms with Gasteiger partial charge in [0.1, 0.15) is 5.82 Å². The Kier molecular flexibility index (Phi) is 2.47. The molecule has 0 spiro atoms. The number of rotatable bonds is 2. The molecule has 12 heavy (non-hydrogen) atoms. The first-order chi connectivity index (χ1) is 5.47. The van der Waals surface area contributed by atoms with Gasteiger partial charge in [-0.3, -0.25) is 5.09 Å². The van der Waals surface area contributed by atoms with Gasteiger partial charge >= 0.3 is 7.75 Å². The largest absolute Gasteiger partial charge is 0.428 e. The standard InChI is InChI=1S/C6H9N2O3P/c1-5-3-2-4-6(7-5)8-12(9,10)11/h2-4H,1H3,(H3,7,8,9,10,11). The zero-order valence-electron chi connectivity index (χ0n) is 6.43. The number of hydrogen-bond donors (Lipinski definition) is 3. The topological polar surface area (TPSA) is 82.5 Å². The van der Waals surface area contributed by atoms with Crippen LogP contribution in [0.15, 0.2) is 18.2 Å². The lowest BCUT2D eigenvalue weighted by molar-refractivity contribution is 0.380. The maximum Gasteiger partial charge on any atom is 0.428 e. The molecule has 5 nitrogen and oxygen atoms in total. The van der Waals surface area contributed by atoms with Crippen LogP contribution in [-0.4, -0.2) is 14.8 Å². The molecule has 0 aliphatic carbocycles. The van der Waals surface area contributed by atoms with E-state index in [1.807, 2.05) is 5.09 Å². The van der Waals surface area contributed by atoms with Gasteiger partial charge in [-0.1, -0.05) is 6.07 Å². The second-order valence-corrected chi connectivity index (χ2v) is 3.63. The first-order valence-electron chi connectivity index (χ1n) is 3.25. The van der Waals surface area contributed by atoms with Gasteiger partial charge in [0.2, 0.25) is 0 Å². The van der Waals surface area contributed by atoms with Crippen molar-refractivity contribution >= 4 is 13.6 Å². The number of nitrogens with zero attached hydrogens (tertiary/aromatic N) is 1. The highest BCUT2D eigenvalue weighted by Gasteiger charge is 2.12. The number of aromatic nitrogens is 1. The van der Waals surface area contributed by atoms with E-state index in [2.05, 4.69) is 4.98 Å². The number of hydrogen-bond acceptors (Lipinski definition) is 2. The van der Waals surface area contributed by atoms with Crippen molar-refractivity contribution in [3.05, 3.63) is 23.9 Å². The molecule has 1 rings (SSSR count). The summed E-state index contributed by atoms with van der Waals surface area (Å²) >= 11 is 0. The van der Waals surface area contributed by atoms with Gasteiger partial charge in [0.05, 0.1) is 0 Å². The average Bonchev–Trinajstić information content (AvgIpc) is 1.82. The zero-order chi connectivity index (χ0) is 9.19. The Morgan fingerprint density at radius 1 is 1.50 bits per heavy atom. The summed E-state index contributed by atoms with van der Waals surface area (Å²) in [6.45, 7) is 1.74. The van der Waals surface area contributed by atoms with Crippen LogP contribution >= 0.6 is 7.75 Å². The van der Waals surface area contributed by atoms with Crippen LogP contribution in [0.5, 0.6) is 0 Å². The highest BCUT2D eigenvalue weighted by atomic mass is 31.2. The first kappa shape index (κ1) is 9.19. The van der Waals surface area contributed by atoms with Crippen molar-refractivity contribution in [2.24, 2.45) is 0 Å². The van der Waals surface area contributed by atoms with Crippen LogP contribution in [0.1, 0.15) is 5.69 Å². The molecule has 0 atom stereocenters. The predicted molar refractivity (Wildman–Crippen MR) is 44.6 cm³/mol. The van der Waals surface area contributed by atoms with E-state index >= 15 is 0 Å². The highest BCUT2D eigenvalue weighted by molar-refractivity contribution is 7.53. The van der Waals surface area contributed by atoms with Gasteiger partial charge in [-0.15, -0.1) is 0 Å². The van der Waals surface area contributed by atoms with Gasteiger partial charge in [0.15, 0.2) is 0 Å². The number of pyridine rings is 1. The summed E-state index contributed by atoms with van der Waals surface area (Å²) in [5.74, 6) is 0.184. The van der Waals surface area contributed by atoms with E-state index in [1.165, 1.54) is 6.07 Å². The number of nitrogens with one attached hydrogen (secondary N) is 1. The molecule has 0 saturated carbocycles. The van der Waals surface area contributed by atoms with Crippen molar-refractivity contribution in [2.75, 3.05) is 5.09 Å². The van der Waals surface area contributed by atoms with Crippen molar-refractivity contribution in [1.82, 2.24) is 4.98 Å². The number of anilines is 1. The van der Waals surface area contributed by atoms with E-state index in [0.29, 0.717) is 5.69 Å². The monoisotopic (exact) mass is 188 g/mol. The summed E-state index contributed by atoms with van der Waals surface area (Å²) in [6.07, 6.45) is 0. The third-order valence-corrected chi connectivity index (χ3v) is 1.67. The molecule has 0 aliphatic heterocycles. The molecular weight excluding hydrogens is 179 g/mol. The highest BCUT2D eigenvalue weighted by Crippen LogP contribution is 2.34. The van der Waals surface area contributed by atoms with Crippen molar-refractivity contribution < 1.29 is 14.4 Å². The lowest BCUT2D eigenvalue weighted by atomic mass is 10.4. The van der Waals surface area contributed by atoms with Gasteiger partial charge in [0.25, 0.3) is 0 Å². The Balaban J connectivity index is 2.84. The first-order valence-corrected chi connectivity index (χ1v) is 4.86. The average molecular weight is 188 g/mol. The lowest BCUT2D eigenvalue weighted by Crippen LogP contribution is -1.97. The zero-order valence-corrected chi connectivity index (χ0v) is 7.32. The van der Waals surface area contributed by atoms with Crippen molar-refractivity contribution in [3.8, 4) is 0 Å². The van der Waals surface area contributed by atoms with Gasteiger partial charge in [-0.25, -0.2) is 9.55 Å². The summed E-state index contributed by atoms with van der Waals surface area (Å²) in [6, 6.07) is 4.90. The Labute approximate surface area is 69.7 Å². The van der Waals surface area contributed by atoms with E-state index in [9.17, 15) is 4.57 Å². The fourth-order valence-electron chi connectivity index (χ4n) is 0.755. The van der Waals surface area contributed by atoms with Crippen molar-refractivity contribution in [1.29, 1.82) is 0 Å². The third-order valence-electron chi connectivity index (χ3n) is 1.15. The molecule has 0 unspecified atom stereocenters. The molecule has 0 radical (unpaired) electrons. The molecule has 1 aromatic rings. The molecule has 0 aromatic carbocycles. The molecular formula is C6H9N2O3P. The molecule has 6 heteroatoms. The molecule has 0 aliphatic rings. The van der Waals surface area contributed by atoms with E-state index < -0.39 is 7.75 Å². The molecule has 0 saturated heterocycles. The second-order valence-electron chi connectivity index (χ2n) is 2.32. The minimum absolute atomic E-state index is 0.184. The quantitative estimate of drug-likeness (QED) is 0.600. The van der Waals surface area contributed by atoms with Crippen LogP contribution in [0, 0.1) is 6.92 Å². The SMILES string of the molecule is Cc1cccc(NP(=O)(O)O)n1. The lowest BCUT2D eigenvalue weighted by Gasteiger charge is -2.06. The van der Waals surface area contributed by atoms with E-state index in [-0.39, 0.29) is 5.82 Å². The van der Waals surface area contributed by atoms with Crippen LogP contribution in [0.4, 0.5) is 5.82 Å². The van der Waals surface area contributed by atoms with Crippen molar-refractivity contribution in [3.63, 3.8) is 0 Å². The summed E-state index contributed by atoms with van der Waals surface area (Å²) < 4.78 is 10.5. The Morgan fingerprint density at radius 2 is 2.17 bits per heavy atom. The third kappa shape index (κ3) is 3.00. The van der Waals surface area contributed by atoms with E-state index in [1.54, 1.807) is 19.1 Å². The fraction of sp³-hybridized carbons (Fsp3) is 0.167. The van der Waals surface area contributed by atoms with Gasteiger partial charge in [0, 0.05) is 5.69 Å². The molecule has 0 amide bonds. The van der Waals surface area contributed by atoms with Gasteiger partial charge in [-0.2, -0.15) is 0 Å². The second kappa shape index (κ2) is 3.23.